The number of non-ortho nitro benzene ring substituents is 1. The number of nitro groups is 1. The summed E-state index contributed by atoms with van der Waals surface area (Å²) in [5, 5.41) is 24.0. The Kier molecular flexibility index (Phi) is 6.94. The summed E-state index contributed by atoms with van der Waals surface area (Å²) >= 11 is 2.18. The highest BCUT2D eigenvalue weighted by atomic mass is 127. The fraction of sp³-hybridized carbons (Fsp3) is 0.278. The highest BCUT2D eigenvalue weighted by Gasteiger charge is 2.17. The lowest BCUT2D eigenvalue weighted by Gasteiger charge is -2.07. The molecule has 0 saturated heterocycles. The van der Waals surface area contributed by atoms with Crippen molar-refractivity contribution in [3.05, 3.63) is 55.2 Å². The molecular weight excluding hydrogens is 521 g/mol. The van der Waals surface area contributed by atoms with Crippen molar-refractivity contribution < 1.29 is 19.0 Å². The summed E-state index contributed by atoms with van der Waals surface area (Å²) in [6.45, 7) is 4.23. The molecule has 3 aromatic rings. The number of aromatic nitrogens is 4. The van der Waals surface area contributed by atoms with Crippen LogP contribution in [0.25, 0.3) is 11.4 Å². The van der Waals surface area contributed by atoms with Crippen molar-refractivity contribution in [2.75, 3.05) is 13.1 Å². The smallest absolute Gasteiger partial charge is 0.316 e. The molecule has 13 heteroatoms. The van der Waals surface area contributed by atoms with E-state index in [-0.39, 0.29) is 42.9 Å². The standard InChI is InChI=1S/C18H18IN7O5/c1-10-15(19)11(2)25(23-10)9-14(27)20-7-8-21-17(28)18-22-16(24-31-18)12-3-5-13(6-4-12)26(29)30/h3-6H,7-9H2,1-2H3,(H,20,27)(H,21,28). The van der Waals surface area contributed by atoms with Gasteiger partial charge >= 0.3 is 11.8 Å². The molecule has 0 unspecified atom stereocenters. The van der Waals surface area contributed by atoms with Crippen molar-refractivity contribution in [1.29, 1.82) is 0 Å². The van der Waals surface area contributed by atoms with Gasteiger partial charge < -0.3 is 15.2 Å². The van der Waals surface area contributed by atoms with Crippen molar-refractivity contribution in [3.8, 4) is 11.4 Å². The average Bonchev–Trinajstić information content (AvgIpc) is 3.33. The van der Waals surface area contributed by atoms with Crippen molar-refractivity contribution in [1.82, 2.24) is 30.6 Å². The van der Waals surface area contributed by atoms with Gasteiger partial charge in [0, 0.05) is 36.5 Å². The van der Waals surface area contributed by atoms with Gasteiger partial charge in [-0.1, -0.05) is 5.16 Å². The van der Waals surface area contributed by atoms with Crippen LogP contribution in [-0.2, 0) is 11.3 Å². The number of amides is 2. The summed E-state index contributed by atoms with van der Waals surface area (Å²) in [4.78, 5) is 38.4. The number of hydrogen-bond acceptors (Lipinski definition) is 8. The van der Waals surface area contributed by atoms with Gasteiger partial charge in [-0.15, -0.1) is 0 Å². The molecule has 0 aliphatic carbocycles. The number of benzene rings is 1. The summed E-state index contributed by atoms with van der Waals surface area (Å²) in [6, 6.07) is 5.54. The van der Waals surface area contributed by atoms with E-state index < -0.39 is 10.8 Å². The molecule has 0 fully saturated rings. The number of nitrogens with one attached hydrogen (secondary N) is 2. The van der Waals surface area contributed by atoms with Gasteiger partial charge in [0.2, 0.25) is 11.7 Å². The van der Waals surface area contributed by atoms with Gasteiger partial charge in [0.1, 0.15) is 6.54 Å². The highest BCUT2D eigenvalue weighted by Crippen LogP contribution is 2.19. The van der Waals surface area contributed by atoms with E-state index in [1.54, 1.807) is 4.68 Å². The van der Waals surface area contributed by atoms with E-state index in [0.717, 1.165) is 15.0 Å². The monoisotopic (exact) mass is 539 g/mol. The third-order valence-corrected chi connectivity index (χ3v) is 5.84. The molecule has 2 heterocycles. The first-order valence-corrected chi connectivity index (χ1v) is 10.2. The molecule has 31 heavy (non-hydrogen) atoms. The van der Waals surface area contributed by atoms with E-state index in [9.17, 15) is 19.7 Å². The third kappa shape index (κ3) is 5.42. The number of nitrogens with zero attached hydrogens (tertiary/aromatic N) is 5. The van der Waals surface area contributed by atoms with Gasteiger partial charge in [-0.25, -0.2) is 0 Å². The molecule has 1 aromatic carbocycles. The number of halogens is 1. The fourth-order valence-corrected chi connectivity index (χ4v) is 3.03. The van der Waals surface area contributed by atoms with Gasteiger partial charge in [0.15, 0.2) is 0 Å². The first-order chi connectivity index (χ1) is 14.8. The van der Waals surface area contributed by atoms with Crippen LogP contribution in [0.1, 0.15) is 22.1 Å². The maximum atomic E-state index is 12.1. The minimum Gasteiger partial charge on any atom is -0.353 e. The second-order valence-electron chi connectivity index (χ2n) is 6.48. The number of hydrogen-bond donors (Lipinski definition) is 2. The topological polar surface area (TPSA) is 158 Å². The normalized spacial score (nSPS) is 10.7. The molecule has 0 saturated carbocycles. The van der Waals surface area contributed by atoms with Crippen molar-refractivity contribution in [3.63, 3.8) is 0 Å². The van der Waals surface area contributed by atoms with Crippen LogP contribution < -0.4 is 10.6 Å². The second kappa shape index (κ2) is 9.63. The Morgan fingerprint density at radius 1 is 1.19 bits per heavy atom. The summed E-state index contributed by atoms with van der Waals surface area (Å²) in [6.07, 6.45) is 0. The first-order valence-electron chi connectivity index (χ1n) is 9.09. The summed E-state index contributed by atoms with van der Waals surface area (Å²) in [5.74, 6) is -0.942. The van der Waals surface area contributed by atoms with Gasteiger partial charge in [0.05, 0.1) is 14.2 Å². The van der Waals surface area contributed by atoms with Crippen LogP contribution in [0.2, 0.25) is 0 Å². The molecule has 2 aromatic heterocycles. The Balaban J connectivity index is 1.46. The zero-order valence-corrected chi connectivity index (χ0v) is 18.7. The number of carbonyl (C=O) groups excluding carboxylic acids is 2. The Labute approximate surface area is 189 Å². The maximum Gasteiger partial charge on any atom is 0.316 e. The number of carbonyl (C=O) groups is 2. The molecule has 0 atom stereocenters. The van der Waals surface area contributed by atoms with E-state index in [4.69, 9.17) is 4.52 Å². The third-order valence-electron chi connectivity index (χ3n) is 4.28. The quantitative estimate of drug-likeness (QED) is 0.189. The molecule has 0 bridgehead atoms. The second-order valence-corrected chi connectivity index (χ2v) is 7.55. The zero-order chi connectivity index (χ0) is 22.5. The Bertz CT molecular complexity index is 1120. The van der Waals surface area contributed by atoms with Crippen LogP contribution in [0.3, 0.4) is 0 Å². The van der Waals surface area contributed by atoms with Crippen LogP contribution in [0.4, 0.5) is 5.69 Å². The largest absolute Gasteiger partial charge is 0.353 e. The van der Waals surface area contributed by atoms with Gasteiger partial charge in [0.25, 0.3) is 5.69 Å². The molecule has 0 radical (unpaired) electrons. The van der Waals surface area contributed by atoms with Crippen LogP contribution in [0, 0.1) is 27.5 Å². The van der Waals surface area contributed by atoms with Crippen LogP contribution in [-0.4, -0.2) is 49.7 Å². The number of rotatable bonds is 8. The van der Waals surface area contributed by atoms with E-state index in [1.807, 2.05) is 13.8 Å². The molecule has 3 rings (SSSR count). The summed E-state index contributed by atoms with van der Waals surface area (Å²) in [7, 11) is 0. The van der Waals surface area contributed by atoms with E-state index in [1.165, 1.54) is 24.3 Å². The van der Waals surface area contributed by atoms with Crippen molar-refractivity contribution in [2.45, 2.75) is 20.4 Å². The number of aryl methyl sites for hydroxylation is 1. The van der Waals surface area contributed by atoms with Crippen LogP contribution in [0.5, 0.6) is 0 Å². The minimum atomic E-state index is -0.594. The minimum absolute atomic E-state index is 0.0696. The van der Waals surface area contributed by atoms with E-state index in [2.05, 4.69) is 48.5 Å². The average molecular weight is 539 g/mol. The van der Waals surface area contributed by atoms with Gasteiger partial charge in [-0.2, -0.15) is 10.1 Å². The molecule has 0 spiro atoms. The Morgan fingerprint density at radius 3 is 2.48 bits per heavy atom. The van der Waals surface area contributed by atoms with E-state index in [0.29, 0.717) is 5.56 Å². The zero-order valence-electron chi connectivity index (χ0n) is 16.6. The molecule has 2 amide bonds. The van der Waals surface area contributed by atoms with Crippen molar-refractivity contribution >= 4 is 40.1 Å². The number of nitro benzene ring substituents is 1. The van der Waals surface area contributed by atoms with Crippen LogP contribution >= 0.6 is 22.6 Å². The molecule has 2 N–H and O–H groups in total. The predicted octanol–water partition coefficient (Wildman–Crippen LogP) is 1.61. The summed E-state index contributed by atoms with van der Waals surface area (Å²) < 4.78 is 7.58. The van der Waals surface area contributed by atoms with Crippen molar-refractivity contribution in [2.24, 2.45) is 0 Å². The Morgan fingerprint density at radius 2 is 1.87 bits per heavy atom. The lowest BCUT2D eigenvalue weighted by Crippen LogP contribution is -2.36. The maximum absolute atomic E-state index is 12.1. The van der Waals surface area contributed by atoms with Gasteiger partial charge in [-0.05, 0) is 48.6 Å². The first kappa shape index (κ1) is 22.3. The fourth-order valence-electron chi connectivity index (χ4n) is 2.64. The molecule has 0 aliphatic heterocycles. The Hall–Kier alpha value is -3.36. The molecular formula is C18H18IN7O5. The van der Waals surface area contributed by atoms with Crippen LogP contribution in [0.15, 0.2) is 28.8 Å². The molecule has 0 aliphatic rings. The summed E-state index contributed by atoms with van der Waals surface area (Å²) in [5.41, 5.74) is 2.19. The SMILES string of the molecule is Cc1nn(CC(=O)NCCNC(=O)c2nc(-c3ccc([N+](=O)[O-])cc3)no2)c(C)c1I. The predicted molar refractivity (Wildman–Crippen MR) is 116 cm³/mol. The lowest BCUT2D eigenvalue weighted by atomic mass is 10.2. The highest BCUT2D eigenvalue weighted by molar-refractivity contribution is 14.1. The van der Waals surface area contributed by atoms with E-state index >= 15 is 0 Å². The van der Waals surface area contributed by atoms with Gasteiger partial charge in [-0.3, -0.25) is 24.4 Å². The molecule has 162 valence electrons. The molecule has 12 nitrogen and oxygen atoms in total. The lowest BCUT2D eigenvalue weighted by molar-refractivity contribution is -0.384.